The van der Waals surface area contributed by atoms with E-state index in [4.69, 9.17) is 0 Å². The Morgan fingerprint density at radius 1 is 0.968 bits per heavy atom. The zero-order valence-electron chi connectivity index (χ0n) is 18.4. The van der Waals surface area contributed by atoms with Crippen LogP contribution in [-0.4, -0.2) is 43.7 Å². The lowest BCUT2D eigenvalue weighted by Crippen LogP contribution is -2.56. The first-order valence-electron chi connectivity index (χ1n) is 12.0. The van der Waals surface area contributed by atoms with Crippen LogP contribution in [0.2, 0.25) is 0 Å². The highest BCUT2D eigenvalue weighted by atomic mass is 16.4. The van der Waals surface area contributed by atoms with Gasteiger partial charge in [-0.25, -0.2) is 9.78 Å². The number of carboxylic acids is 1. The molecule has 0 radical (unpaired) electrons. The lowest BCUT2D eigenvalue weighted by Gasteiger charge is -2.49. The van der Waals surface area contributed by atoms with E-state index in [9.17, 15) is 14.7 Å². The van der Waals surface area contributed by atoms with Crippen LogP contribution in [0.3, 0.4) is 0 Å². The second kappa shape index (κ2) is 8.05. The number of hydrogen-bond acceptors (Lipinski definition) is 4. The molecule has 2 aliphatic heterocycles. The molecule has 1 saturated carbocycles. The van der Waals surface area contributed by atoms with Crippen LogP contribution in [0.15, 0.2) is 29.1 Å². The fourth-order valence-electron chi connectivity index (χ4n) is 6.81. The number of carbonyl (C=O) groups is 1. The molecule has 3 heterocycles. The molecule has 166 valence electrons. The van der Waals surface area contributed by atoms with Crippen LogP contribution in [0.5, 0.6) is 0 Å². The molecule has 0 amide bonds. The zero-order valence-corrected chi connectivity index (χ0v) is 18.4. The second-order valence-corrected chi connectivity index (χ2v) is 10.1. The number of para-hydroxylation sites is 2. The molecule has 3 fully saturated rings. The van der Waals surface area contributed by atoms with Crippen molar-refractivity contribution in [3.8, 4) is 0 Å². The molecule has 2 saturated heterocycles. The Hall–Kier alpha value is -2.21. The Morgan fingerprint density at radius 3 is 2.23 bits per heavy atom. The highest BCUT2D eigenvalue weighted by Crippen LogP contribution is 2.47. The smallest absolute Gasteiger partial charge is 0.360 e. The number of benzene rings is 1. The van der Waals surface area contributed by atoms with Crippen molar-refractivity contribution in [1.82, 2.24) is 14.5 Å². The number of piperidine rings is 1. The van der Waals surface area contributed by atoms with Gasteiger partial charge in [-0.15, -0.1) is 0 Å². The fraction of sp³-hybridized carbons (Fsp3) is 0.640. The van der Waals surface area contributed by atoms with E-state index in [1.165, 1.54) is 57.8 Å². The fourth-order valence-corrected chi connectivity index (χ4v) is 6.81. The van der Waals surface area contributed by atoms with Gasteiger partial charge >= 0.3 is 5.97 Å². The van der Waals surface area contributed by atoms with Gasteiger partial charge in [-0.3, -0.25) is 14.3 Å². The Labute approximate surface area is 183 Å². The minimum atomic E-state index is -1.25. The van der Waals surface area contributed by atoms with E-state index in [2.05, 4.69) is 16.8 Å². The van der Waals surface area contributed by atoms with Crippen molar-refractivity contribution < 1.29 is 9.90 Å². The van der Waals surface area contributed by atoms with E-state index < -0.39 is 17.1 Å². The van der Waals surface area contributed by atoms with Crippen LogP contribution < -0.4 is 5.56 Å². The van der Waals surface area contributed by atoms with E-state index in [-0.39, 0.29) is 5.69 Å². The summed E-state index contributed by atoms with van der Waals surface area (Å²) in [5, 5.41) is 9.63. The molecule has 3 aliphatic rings. The van der Waals surface area contributed by atoms with E-state index in [0.29, 0.717) is 23.6 Å². The predicted octanol–water partition coefficient (Wildman–Crippen LogP) is 4.55. The van der Waals surface area contributed by atoms with Crippen molar-refractivity contribution in [2.24, 2.45) is 0 Å². The number of aromatic nitrogens is 2. The summed E-state index contributed by atoms with van der Waals surface area (Å²) < 4.78 is 1.78. The standard InChI is InChI=1S/C25H33N3O3/c1-25(28-21-12-8-7-11-20(21)26-22(23(28)29)24(30)31)15-18-13-14-19(16-25)27(18)17-9-5-3-2-4-6-10-17/h7-8,11-12,17-19H,2-6,9-10,13-16H2,1H3,(H,30,31)/t18-,19+,25+. The van der Waals surface area contributed by atoms with Crippen molar-refractivity contribution in [3.63, 3.8) is 0 Å². The van der Waals surface area contributed by atoms with Gasteiger partial charge in [0.25, 0.3) is 5.56 Å². The van der Waals surface area contributed by atoms with Gasteiger partial charge in [0.15, 0.2) is 0 Å². The van der Waals surface area contributed by atoms with Gasteiger partial charge in [0.2, 0.25) is 5.69 Å². The Kier molecular flexibility index (Phi) is 5.37. The molecular weight excluding hydrogens is 390 g/mol. The molecule has 2 aromatic rings. The summed E-state index contributed by atoms with van der Waals surface area (Å²) in [5.74, 6) is -1.25. The topological polar surface area (TPSA) is 75.4 Å². The van der Waals surface area contributed by atoms with Crippen LogP contribution in [0.4, 0.5) is 0 Å². The van der Waals surface area contributed by atoms with Gasteiger partial charge in [-0.05, 0) is 57.6 Å². The van der Waals surface area contributed by atoms with Gasteiger partial charge < -0.3 is 5.11 Å². The van der Waals surface area contributed by atoms with Crippen molar-refractivity contribution in [3.05, 3.63) is 40.3 Å². The maximum atomic E-state index is 13.3. The Balaban J connectivity index is 1.53. The number of hydrogen-bond donors (Lipinski definition) is 1. The molecule has 31 heavy (non-hydrogen) atoms. The summed E-state index contributed by atoms with van der Waals surface area (Å²) in [5.41, 5.74) is 0.102. The van der Waals surface area contributed by atoms with Crippen molar-refractivity contribution in [2.45, 2.75) is 101 Å². The minimum Gasteiger partial charge on any atom is -0.476 e. The molecule has 0 spiro atoms. The molecule has 5 rings (SSSR count). The minimum absolute atomic E-state index is 0.366. The van der Waals surface area contributed by atoms with Gasteiger partial charge in [-0.2, -0.15) is 0 Å². The summed E-state index contributed by atoms with van der Waals surface area (Å²) in [7, 11) is 0. The SMILES string of the molecule is C[C@]1(n2c(=O)c(C(=O)O)nc3ccccc32)C[C@H]2CC[C@@H](C1)N2C1CCCCCCC1. The van der Waals surface area contributed by atoms with Gasteiger partial charge in [-0.1, -0.05) is 44.2 Å². The van der Waals surface area contributed by atoms with E-state index in [0.717, 1.165) is 18.4 Å². The average molecular weight is 424 g/mol. The number of aromatic carboxylic acids is 1. The molecule has 1 aromatic carbocycles. The third-order valence-corrected chi connectivity index (χ3v) is 8.03. The van der Waals surface area contributed by atoms with Gasteiger partial charge in [0.1, 0.15) is 0 Å². The molecule has 1 aromatic heterocycles. The summed E-state index contributed by atoms with van der Waals surface area (Å²) in [6, 6.07) is 9.08. The van der Waals surface area contributed by atoms with E-state index in [1.807, 2.05) is 18.2 Å². The summed E-state index contributed by atoms with van der Waals surface area (Å²) in [6.07, 6.45) is 13.5. The number of nitrogens with zero attached hydrogens (tertiary/aromatic N) is 3. The first-order valence-corrected chi connectivity index (χ1v) is 12.0. The molecular formula is C25H33N3O3. The zero-order chi connectivity index (χ0) is 21.6. The third-order valence-electron chi connectivity index (χ3n) is 8.03. The quantitative estimate of drug-likeness (QED) is 0.784. The molecule has 0 unspecified atom stereocenters. The third kappa shape index (κ3) is 3.59. The largest absolute Gasteiger partial charge is 0.476 e. The monoisotopic (exact) mass is 423 g/mol. The number of rotatable bonds is 3. The van der Waals surface area contributed by atoms with Crippen molar-refractivity contribution in [2.75, 3.05) is 0 Å². The average Bonchev–Trinajstić information content (AvgIpc) is 2.98. The molecule has 1 N–H and O–H groups in total. The number of carboxylic acid groups (broad SMARTS) is 1. The lowest BCUT2D eigenvalue weighted by molar-refractivity contribution is 0.0161. The highest BCUT2D eigenvalue weighted by molar-refractivity contribution is 5.88. The van der Waals surface area contributed by atoms with Crippen LogP contribution in [0.25, 0.3) is 11.0 Å². The summed E-state index contributed by atoms with van der Waals surface area (Å²) in [6.45, 7) is 2.16. The van der Waals surface area contributed by atoms with Crippen LogP contribution in [0, 0.1) is 0 Å². The maximum Gasteiger partial charge on any atom is 0.360 e. The first kappa shape index (κ1) is 20.7. The maximum absolute atomic E-state index is 13.3. The molecule has 3 atom stereocenters. The molecule has 2 bridgehead atoms. The van der Waals surface area contributed by atoms with Crippen LogP contribution in [-0.2, 0) is 5.54 Å². The molecule has 1 aliphatic carbocycles. The molecule has 6 nitrogen and oxygen atoms in total. The van der Waals surface area contributed by atoms with Crippen molar-refractivity contribution in [1.29, 1.82) is 0 Å². The van der Waals surface area contributed by atoms with Crippen molar-refractivity contribution >= 4 is 17.0 Å². The Morgan fingerprint density at radius 2 is 1.58 bits per heavy atom. The van der Waals surface area contributed by atoms with E-state index >= 15 is 0 Å². The van der Waals surface area contributed by atoms with Crippen LogP contribution in [0.1, 0.15) is 88.0 Å². The highest BCUT2D eigenvalue weighted by Gasteiger charge is 2.49. The summed E-state index contributed by atoms with van der Waals surface area (Å²) >= 11 is 0. The summed E-state index contributed by atoms with van der Waals surface area (Å²) in [4.78, 5) is 32.1. The second-order valence-electron chi connectivity index (χ2n) is 10.1. The van der Waals surface area contributed by atoms with Gasteiger partial charge in [0.05, 0.1) is 11.0 Å². The van der Waals surface area contributed by atoms with Gasteiger partial charge in [0, 0.05) is 23.7 Å². The lowest BCUT2D eigenvalue weighted by atomic mass is 9.81. The van der Waals surface area contributed by atoms with E-state index in [1.54, 1.807) is 10.6 Å². The molecule has 6 heteroatoms. The van der Waals surface area contributed by atoms with Crippen LogP contribution >= 0.6 is 0 Å². The number of fused-ring (bicyclic) bond motifs is 3. The predicted molar refractivity (Wildman–Crippen MR) is 121 cm³/mol. The normalized spacial score (nSPS) is 30.2. The Bertz CT molecular complexity index is 1020. The first-order chi connectivity index (χ1) is 15.0.